The summed E-state index contributed by atoms with van der Waals surface area (Å²) in [6, 6.07) is 2.66. The van der Waals surface area contributed by atoms with Crippen LogP contribution in [0.25, 0.3) is 10.2 Å². The van der Waals surface area contributed by atoms with E-state index in [-0.39, 0.29) is 0 Å². The molecule has 1 aliphatic rings. The summed E-state index contributed by atoms with van der Waals surface area (Å²) in [5.41, 5.74) is 0. The zero-order chi connectivity index (χ0) is 13.2. The molecule has 1 fully saturated rings. The molecule has 1 saturated heterocycles. The lowest BCUT2D eigenvalue weighted by Crippen LogP contribution is -2.38. The van der Waals surface area contributed by atoms with Gasteiger partial charge in [0.05, 0.1) is 6.54 Å². The summed E-state index contributed by atoms with van der Waals surface area (Å²) in [6.45, 7) is 4.24. The Bertz CT molecular complexity index is 569. The van der Waals surface area contributed by atoms with Crippen LogP contribution in [0.1, 0.15) is 38.4 Å². The molecular weight excluding hydrogens is 278 g/mol. The number of piperidine rings is 1. The molecule has 0 spiro atoms. The van der Waals surface area contributed by atoms with Crippen LogP contribution in [0.15, 0.2) is 11.4 Å². The van der Waals surface area contributed by atoms with Crippen molar-refractivity contribution in [3.8, 4) is 0 Å². The van der Waals surface area contributed by atoms with Gasteiger partial charge < -0.3 is 0 Å². The van der Waals surface area contributed by atoms with Gasteiger partial charge in [0.1, 0.15) is 15.8 Å². The van der Waals surface area contributed by atoms with Gasteiger partial charge in [-0.1, -0.05) is 24.9 Å². The monoisotopic (exact) mass is 295 g/mol. The molecule has 1 aliphatic heterocycles. The average molecular weight is 296 g/mol. The summed E-state index contributed by atoms with van der Waals surface area (Å²) < 4.78 is 0. The number of hydrogen-bond acceptors (Lipinski definition) is 4. The first-order chi connectivity index (χ1) is 9.28. The van der Waals surface area contributed by atoms with Crippen molar-refractivity contribution in [1.82, 2.24) is 14.9 Å². The maximum atomic E-state index is 6.23. The van der Waals surface area contributed by atoms with Crippen molar-refractivity contribution in [3.63, 3.8) is 0 Å². The van der Waals surface area contributed by atoms with E-state index < -0.39 is 0 Å². The largest absolute Gasteiger partial charge is 0.293 e. The minimum atomic E-state index is 0.589. The van der Waals surface area contributed by atoms with Crippen LogP contribution in [-0.2, 0) is 6.54 Å². The third-order valence-corrected chi connectivity index (χ3v) is 4.98. The minimum Gasteiger partial charge on any atom is -0.293 e. The third kappa shape index (κ3) is 2.76. The second kappa shape index (κ2) is 5.73. The summed E-state index contributed by atoms with van der Waals surface area (Å²) in [5.74, 6) is 0.861. The summed E-state index contributed by atoms with van der Waals surface area (Å²) >= 11 is 7.86. The summed E-state index contributed by atoms with van der Waals surface area (Å²) in [7, 11) is 0. The fourth-order valence-electron chi connectivity index (χ4n) is 2.84. The Morgan fingerprint density at radius 1 is 1.42 bits per heavy atom. The molecule has 3 nitrogen and oxygen atoms in total. The molecule has 0 N–H and O–H groups in total. The number of likely N-dealkylation sites (tertiary alicyclic amines) is 1. The molecule has 0 saturated carbocycles. The highest BCUT2D eigenvalue weighted by Crippen LogP contribution is 2.26. The number of hydrogen-bond donors (Lipinski definition) is 0. The molecule has 0 aliphatic carbocycles. The highest BCUT2D eigenvalue weighted by molar-refractivity contribution is 7.16. The van der Waals surface area contributed by atoms with Gasteiger partial charge in [-0.3, -0.25) is 4.90 Å². The van der Waals surface area contributed by atoms with E-state index in [0.717, 1.165) is 29.1 Å². The molecule has 0 bridgehead atoms. The Morgan fingerprint density at radius 3 is 3.16 bits per heavy atom. The second-order valence-corrected chi connectivity index (χ2v) is 6.35. The van der Waals surface area contributed by atoms with Gasteiger partial charge in [-0.2, -0.15) is 0 Å². The summed E-state index contributed by atoms with van der Waals surface area (Å²) in [6.07, 6.45) is 5.13. The van der Waals surface area contributed by atoms with Crippen molar-refractivity contribution in [2.45, 2.75) is 45.2 Å². The van der Waals surface area contributed by atoms with E-state index >= 15 is 0 Å². The summed E-state index contributed by atoms with van der Waals surface area (Å²) in [5, 5.41) is 3.58. The molecule has 3 rings (SSSR count). The maximum Gasteiger partial charge on any atom is 0.145 e. The van der Waals surface area contributed by atoms with Crippen LogP contribution in [-0.4, -0.2) is 27.5 Å². The van der Waals surface area contributed by atoms with Gasteiger partial charge in [0.2, 0.25) is 0 Å². The van der Waals surface area contributed by atoms with Gasteiger partial charge in [0.15, 0.2) is 0 Å². The van der Waals surface area contributed by atoms with Crippen molar-refractivity contribution in [1.29, 1.82) is 0 Å². The van der Waals surface area contributed by atoms with Crippen molar-refractivity contribution in [3.05, 3.63) is 22.4 Å². The number of rotatable bonds is 3. The first kappa shape index (κ1) is 13.3. The van der Waals surface area contributed by atoms with E-state index in [1.165, 1.54) is 25.7 Å². The first-order valence-corrected chi connectivity index (χ1v) is 8.17. The van der Waals surface area contributed by atoms with Crippen molar-refractivity contribution in [2.75, 3.05) is 6.54 Å². The van der Waals surface area contributed by atoms with Crippen LogP contribution in [0.3, 0.4) is 0 Å². The average Bonchev–Trinajstić information content (AvgIpc) is 2.88. The lowest BCUT2D eigenvalue weighted by Gasteiger charge is -2.34. The number of nitrogens with zero attached hydrogens (tertiary/aromatic N) is 3. The van der Waals surface area contributed by atoms with Crippen molar-refractivity contribution in [2.24, 2.45) is 0 Å². The maximum absolute atomic E-state index is 6.23. The number of thiophene rings is 1. The number of aromatic nitrogens is 2. The number of halogens is 1. The van der Waals surface area contributed by atoms with Crippen LogP contribution in [0, 0.1) is 0 Å². The van der Waals surface area contributed by atoms with E-state index in [1.54, 1.807) is 11.3 Å². The molecule has 2 aromatic heterocycles. The Labute approximate surface area is 122 Å². The predicted octanol–water partition coefficient (Wildman–Crippen LogP) is 4.11. The van der Waals surface area contributed by atoms with Gasteiger partial charge in [-0.05, 0) is 37.3 Å². The molecule has 0 aromatic carbocycles. The molecular formula is C14H18ClN3S. The van der Waals surface area contributed by atoms with Crippen molar-refractivity contribution >= 4 is 33.2 Å². The molecule has 2 aromatic rings. The topological polar surface area (TPSA) is 29.0 Å². The molecule has 1 atom stereocenters. The third-order valence-electron chi connectivity index (χ3n) is 3.89. The van der Waals surface area contributed by atoms with Gasteiger partial charge >= 0.3 is 0 Å². The Hall–Kier alpha value is -0.710. The normalized spacial score (nSPS) is 21.1. The van der Waals surface area contributed by atoms with Gasteiger partial charge in [-0.25, -0.2) is 9.97 Å². The van der Waals surface area contributed by atoms with Gasteiger partial charge in [0, 0.05) is 11.4 Å². The minimum absolute atomic E-state index is 0.589. The first-order valence-electron chi connectivity index (χ1n) is 6.91. The van der Waals surface area contributed by atoms with Gasteiger partial charge in [-0.15, -0.1) is 11.3 Å². The molecule has 102 valence electrons. The lowest BCUT2D eigenvalue weighted by atomic mass is 10.0. The SMILES string of the molecule is CCC1CCCCN1Cc1nc(Cl)c2ccsc2n1. The fourth-order valence-corrected chi connectivity index (χ4v) is 3.93. The van der Waals surface area contributed by atoms with E-state index in [4.69, 9.17) is 11.6 Å². The molecule has 3 heterocycles. The van der Waals surface area contributed by atoms with Crippen molar-refractivity contribution < 1.29 is 0 Å². The standard InChI is InChI=1S/C14H18ClN3S/c1-2-10-5-3-4-7-18(10)9-12-16-13(15)11-6-8-19-14(11)17-12/h6,8,10H,2-5,7,9H2,1H3. The van der Waals surface area contributed by atoms with Crippen LogP contribution in [0.2, 0.25) is 5.15 Å². The smallest absolute Gasteiger partial charge is 0.145 e. The highest BCUT2D eigenvalue weighted by Gasteiger charge is 2.22. The quantitative estimate of drug-likeness (QED) is 0.798. The molecule has 5 heteroatoms. The highest BCUT2D eigenvalue weighted by atomic mass is 35.5. The lowest BCUT2D eigenvalue weighted by molar-refractivity contribution is 0.133. The Morgan fingerprint density at radius 2 is 2.32 bits per heavy atom. The van der Waals surface area contributed by atoms with E-state index in [1.807, 2.05) is 11.4 Å². The van der Waals surface area contributed by atoms with E-state index in [9.17, 15) is 0 Å². The molecule has 1 unspecified atom stereocenters. The van der Waals surface area contributed by atoms with Gasteiger partial charge in [0.25, 0.3) is 0 Å². The van der Waals surface area contributed by atoms with Crippen LogP contribution < -0.4 is 0 Å². The van der Waals surface area contributed by atoms with Crippen LogP contribution >= 0.6 is 22.9 Å². The fraction of sp³-hybridized carbons (Fsp3) is 0.571. The Kier molecular flexibility index (Phi) is 4.01. The zero-order valence-corrected chi connectivity index (χ0v) is 12.7. The Balaban J connectivity index is 1.83. The van der Waals surface area contributed by atoms with E-state index in [2.05, 4.69) is 21.8 Å². The second-order valence-electron chi connectivity index (χ2n) is 5.10. The van der Waals surface area contributed by atoms with E-state index in [0.29, 0.717) is 11.2 Å². The summed E-state index contributed by atoms with van der Waals surface area (Å²) in [4.78, 5) is 12.6. The number of fused-ring (bicyclic) bond motifs is 1. The zero-order valence-electron chi connectivity index (χ0n) is 11.1. The molecule has 0 amide bonds. The van der Waals surface area contributed by atoms with Crippen LogP contribution in [0.4, 0.5) is 0 Å². The molecule has 0 radical (unpaired) electrons. The predicted molar refractivity (Wildman–Crippen MR) is 80.8 cm³/mol. The van der Waals surface area contributed by atoms with Crippen LogP contribution in [0.5, 0.6) is 0 Å². The molecule has 19 heavy (non-hydrogen) atoms.